The Hall–Kier alpha value is -3.44. The number of fused-ring (bicyclic) bond motifs is 2. The van der Waals surface area contributed by atoms with Crippen LogP contribution in [0.15, 0.2) is 48.5 Å². The number of alkyl halides is 3. The van der Waals surface area contributed by atoms with Crippen LogP contribution in [0.2, 0.25) is 0 Å². The van der Waals surface area contributed by atoms with Gasteiger partial charge in [0.05, 0.1) is 18.6 Å². The largest absolute Gasteiger partial charge is 0.492 e. The van der Waals surface area contributed by atoms with Crippen LogP contribution in [0.4, 0.5) is 17.6 Å². The molecule has 11 heteroatoms. The monoisotopic (exact) mass is 618 g/mol. The van der Waals surface area contributed by atoms with Crippen LogP contribution >= 0.6 is 11.8 Å². The molecule has 2 N–H and O–H groups in total. The fourth-order valence-electron chi connectivity index (χ4n) is 6.11. The second kappa shape index (κ2) is 11.6. The number of carboxylic acid groups (broad SMARTS) is 1. The summed E-state index contributed by atoms with van der Waals surface area (Å²) in [6.45, 7) is 0.226. The van der Waals surface area contributed by atoms with Crippen LogP contribution in [0.1, 0.15) is 60.0 Å². The molecule has 0 saturated carbocycles. The SMILES string of the molecule is O=C(O)C[C@@H]1COc2cc(O[C@@H]3CCc4c3ccc(C(F)(F)F)c4-c3ccc(OCC4(O)CCSCC4)cc3F)ccc21. The predicted octanol–water partition coefficient (Wildman–Crippen LogP) is 7.17. The first-order chi connectivity index (χ1) is 20.5. The molecule has 0 spiro atoms. The molecule has 228 valence electrons. The van der Waals surface area contributed by atoms with E-state index in [4.69, 9.17) is 19.3 Å². The van der Waals surface area contributed by atoms with Crippen LogP contribution in [-0.2, 0) is 17.4 Å². The number of halogens is 4. The zero-order valence-electron chi connectivity index (χ0n) is 23.1. The maximum absolute atomic E-state index is 15.5. The quantitative estimate of drug-likeness (QED) is 0.259. The van der Waals surface area contributed by atoms with Crippen molar-refractivity contribution in [3.8, 4) is 28.4 Å². The van der Waals surface area contributed by atoms with Gasteiger partial charge in [0.1, 0.15) is 41.4 Å². The molecular weight excluding hydrogens is 588 g/mol. The third-order valence-electron chi connectivity index (χ3n) is 8.36. The number of aliphatic hydroxyl groups is 1. The summed E-state index contributed by atoms with van der Waals surface area (Å²) in [6, 6.07) is 11.3. The molecular formula is C32H30F4O6S. The van der Waals surface area contributed by atoms with Crippen molar-refractivity contribution < 1.29 is 46.8 Å². The standard InChI is InChI=1S/C32H30F4O6S/c33-26-14-19(41-17-31(39)9-11-43-12-10-31)1-4-24(26)30-23-6-8-27(22(23)5-7-25(30)32(34,35)36)42-20-2-3-21-18(13-29(37)38)16-40-28(21)15-20/h1-5,7,14-15,18,27,39H,6,8-13,16-17H2,(H,37,38)/t18-,27-/m1/s1. The van der Waals surface area contributed by atoms with Gasteiger partial charge in [-0.3, -0.25) is 4.79 Å². The molecule has 0 aromatic heterocycles. The van der Waals surface area contributed by atoms with Crippen molar-refractivity contribution in [2.75, 3.05) is 24.7 Å². The van der Waals surface area contributed by atoms with Crippen LogP contribution < -0.4 is 14.2 Å². The lowest BCUT2D eigenvalue weighted by Crippen LogP contribution is -2.39. The van der Waals surface area contributed by atoms with Gasteiger partial charge in [-0.2, -0.15) is 24.9 Å². The summed E-state index contributed by atoms with van der Waals surface area (Å²) < 4.78 is 75.7. The highest BCUT2D eigenvalue weighted by Gasteiger charge is 2.39. The topological polar surface area (TPSA) is 85.2 Å². The molecule has 43 heavy (non-hydrogen) atoms. The average molecular weight is 619 g/mol. The fourth-order valence-corrected chi connectivity index (χ4v) is 7.36. The van der Waals surface area contributed by atoms with Crippen molar-refractivity contribution in [3.05, 3.63) is 76.6 Å². The Balaban J connectivity index is 1.27. The minimum absolute atomic E-state index is 0.0200. The maximum Gasteiger partial charge on any atom is 0.417 e. The summed E-state index contributed by atoms with van der Waals surface area (Å²) in [5, 5.41) is 19.8. The second-order valence-electron chi connectivity index (χ2n) is 11.3. The van der Waals surface area contributed by atoms with E-state index >= 15 is 4.39 Å². The van der Waals surface area contributed by atoms with Crippen molar-refractivity contribution in [1.82, 2.24) is 0 Å². The van der Waals surface area contributed by atoms with Gasteiger partial charge in [0, 0.05) is 34.7 Å². The van der Waals surface area contributed by atoms with Crippen molar-refractivity contribution in [2.24, 2.45) is 0 Å². The third-order valence-corrected chi connectivity index (χ3v) is 9.35. The molecule has 0 amide bonds. The smallest absolute Gasteiger partial charge is 0.417 e. The number of hydrogen-bond acceptors (Lipinski definition) is 6. The molecule has 6 rings (SSSR count). The normalized spacial score (nSPS) is 20.7. The van der Waals surface area contributed by atoms with Crippen molar-refractivity contribution >= 4 is 17.7 Å². The van der Waals surface area contributed by atoms with Gasteiger partial charge in [-0.05, 0) is 72.6 Å². The Morgan fingerprint density at radius 1 is 1.05 bits per heavy atom. The summed E-state index contributed by atoms with van der Waals surface area (Å²) in [6.07, 6.45) is -3.58. The van der Waals surface area contributed by atoms with Crippen LogP contribution in [0.3, 0.4) is 0 Å². The number of benzene rings is 3. The number of carbonyl (C=O) groups is 1. The molecule has 0 unspecified atom stereocenters. The predicted molar refractivity (Wildman–Crippen MR) is 152 cm³/mol. The average Bonchev–Trinajstić information content (AvgIpc) is 3.55. The molecule has 2 atom stereocenters. The van der Waals surface area contributed by atoms with E-state index in [2.05, 4.69) is 0 Å². The van der Waals surface area contributed by atoms with Gasteiger partial charge >= 0.3 is 12.1 Å². The van der Waals surface area contributed by atoms with Crippen molar-refractivity contribution in [1.29, 1.82) is 0 Å². The number of ether oxygens (including phenoxy) is 3. The minimum Gasteiger partial charge on any atom is -0.492 e. The molecule has 2 heterocycles. The molecule has 0 radical (unpaired) electrons. The first-order valence-corrected chi connectivity index (χ1v) is 15.3. The summed E-state index contributed by atoms with van der Waals surface area (Å²) >= 11 is 1.74. The van der Waals surface area contributed by atoms with Crippen molar-refractivity contribution in [3.63, 3.8) is 0 Å². The van der Waals surface area contributed by atoms with Gasteiger partial charge in [-0.1, -0.05) is 12.1 Å². The van der Waals surface area contributed by atoms with Crippen LogP contribution in [0.25, 0.3) is 11.1 Å². The van der Waals surface area contributed by atoms with E-state index in [-0.39, 0.29) is 48.8 Å². The van der Waals surface area contributed by atoms with E-state index in [0.717, 1.165) is 29.2 Å². The molecule has 1 saturated heterocycles. The van der Waals surface area contributed by atoms with Gasteiger partial charge in [0.2, 0.25) is 0 Å². The Kier molecular flexibility index (Phi) is 7.97. The highest BCUT2D eigenvalue weighted by Crippen LogP contribution is 2.48. The molecule has 0 bridgehead atoms. The third kappa shape index (κ3) is 6.15. The Labute approximate surface area is 250 Å². The van der Waals surface area contributed by atoms with Gasteiger partial charge < -0.3 is 24.4 Å². The molecule has 3 aromatic carbocycles. The first kappa shape index (κ1) is 29.6. The summed E-state index contributed by atoms with van der Waals surface area (Å²) in [5.41, 5.74) is -0.634. The van der Waals surface area contributed by atoms with E-state index < -0.39 is 35.2 Å². The zero-order valence-corrected chi connectivity index (χ0v) is 23.9. The second-order valence-corrected chi connectivity index (χ2v) is 12.5. The van der Waals surface area contributed by atoms with E-state index in [9.17, 15) is 23.1 Å². The Morgan fingerprint density at radius 2 is 1.79 bits per heavy atom. The lowest BCUT2D eigenvalue weighted by atomic mass is 9.91. The van der Waals surface area contributed by atoms with E-state index in [1.54, 1.807) is 30.0 Å². The highest BCUT2D eigenvalue weighted by molar-refractivity contribution is 7.99. The van der Waals surface area contributed by atoms with Gasteiger partial charge in [0.15, 0.2) is 0 Å². The summed E-state index contributed by atoms with van der Waals surface area (Å²) in [4.78, 5) is 11.1. The first-order valence-electron chi connectivity index (χ1n) is 14.1. The number of rotatable bonds is 8. The number of carboxylic acids is 1. The molecule has 2 aliphatic heterocycles. The van der Waals surface area contributed by atoms with Gasteiger partial charge in [0.25, 0.3) is 0 Å². The zero-order chi connectivity index (χ0) is 30.4. The number of hydrogen-bond donors (Lipinski definition) is 2. The van der Waals surface area contributed by atoms with E-state index in [1.807, 2.05) is 0 Å². The van der Waals surface area contributed by atoms with Crippen LogP contribution in [0.5, 0.6) is 17.2 Å². The maximum atomic E-state index is 15.5. The van der Waals surface area contributed by atoms with E-state index in [0.29, 0.717) is 41.9 Å². The molecule has 1 aliphatic carbocycles. The van der Waals surface area contributed by atoms with Crippen LogP contribution in [0, 0.1) is 5.82 Å². The lowest BCUT2D eigenvalue weighted by molar-refractivity contribution is -0.138. The summed E-state index contributed by atoms with van der Waals surface area (Å²) in [5.74, 6) is 0.663. The molecule has 3 aromatic rings. The Morgan fingerprint density at radius 3 is 2.51 bits per heavy atom. The van der Waals surface area contributed by atoms with Crippen molar-refractivity contribution in [2.45, 2.75) is 55.9 Å². The summed E-state index contributed by atoms with van der Waals surface area (Å²) in [7, 11) is 0. The minimum atomic E-state index is -4.71. The van der Waals surface area contributed by atoms with E-state index in [1.165, 1.54) is 18.2 Å². The number of thioether (sulfide) groups is 1. The molecule has 6 nitrogen and oxygen atoms in total. The van der Waals surface area contributed by atoms with Gasteiger partial charge in [-0.25, -0.2) is 4.39 Å². The number of aliphatic carboxylic acids is 1. The Bertz CT molecular complexity index is 1530. The highest BCUT2D eigenvalue weighted by atomic mass is 32.2. The molecule has 3 aliphatic rings. The van der Waals surface area contributed by atoms with Gasteiger partial charge in [-0.15, -0.1) is 0 Å². The fraction of sp³-hybridized carbons (Fsp3) is 0.406. The molecule has 1 fully saturated rings. The van der Waals surface area contributed by atoms with Crippen LogP contribution in [-0.4, -0.2) is 46.5 Å². The lowest BCUT2D eigenvalue weighted by Gasteiger charge is -2.31.